The summed E-state index contributed by atoms with van der Waals surface area (Å²) in [4.78, 5) is 12.2. The van der Waals surface area contributed by atoms with Crippen LogP contribution >= 0.6 is 11.6 Å². The van der Waals surface area contributed by atoms with Crippen molar-refractivity contribution in [2.24, 2.45) is 0 Å². The Morgan fingerprint density at radius 1 is 1.33 bits per heavy atom. The van der Waals surface area contributed by atoms with Crippen LogP contribution in [0.4, 0.5) is 5.82 Å². The summed E-state index contributed by atoms with van der Waals surface area (Å²) in [6.45, 7) is 4.74. The number of hydrogen-bond donors (Lipinski definition) is 1. The van der Waals surface area contributed by atoms with Gasteiger partial charge in [-0.2, -0.15) is 4.31 Å². The summed E-state index contributed by atoms with van der Waals surface area (Å²) < 4.78 is 31.5. The van der Waals surface area contributed by atoms with Gasteiger partial charge in [-0.1, -0.05) is 16.8 Å². The van der Waals surface area contributed by atoms with Crippen molar-refractivity contribution in [3.8, 4) is 0 Å². The van der Waals surface area contributed by atoms with E-state index in [1.807, 2.05) is 0 Å². The second kappa shape index (κ2) is 7.33. The molecular weight excluding hydrogens is 354 g/mol. The minimum absolute atomic E-state index is 0.0747. The fourth-order valence-electron chi connectivity index (χ4n) is 2.04. The van der Waals surface area contributed by atoms with Gasteiger partial charge in [-0.25, -0.2) is 8.42 Å². The molecule has 0 aliphatic heterocycles. The number of aromatic nitrogens is 1. The lowest BCUT2D eigenvalue weighted by molar-refractivity contribution is -0.116. The number of benzene rings is 1. The summed E-state index contributed by atoms with van der Waals surface area (Å²) in [5, 5.41) is 6.59. The van der Waals surface area contributed by atoms with Crippen LogP contribution in [0.3, 0.4) is 0 Å². The standard InChI is InChI=1S/C15H18ClN3O4S/c1-10(2)19(9-15(20)17-14-8-11(3)23-18-14)24(21,22)13-6-4-12(16)5-7-13/h4-8,10H,9H2,1-3H3,(H,17,18,20). The lowest BCUT2D eigenvalue weighted by Gasteiger charge is -2.25. The van der Waals surface area contributed by atoms with Crippen molar-refractivity contribution in [2.75, 3.05) is 11.9 Å². The second-order valence-corrected chi connectivity index (χ2v) is 7.80. The second-order valence-electron chi connectivity index (χ2n) is 5.47. The number of anilines is 1. The van der Waals surface area contributed by atoms with Gasteiger partial charge in [0.05, 0.1) is 11.4 Å². The molecule has 9 heteroatoms. The SMILES string of the molecule is Cc1cc(NC(=O)CN(C(C)C)S(=O)(=O)c2ccc(Cl)cc2)no1. The Morgan fingerprint density at radius 3 is 2.46 bits per heavy atom. The molecule has 130 valence electrons. The van der Waals surface area contributed by atoms with Gasteiger partial charge in [-0.3, -0.25) is 4.79 Å². The zero-order valence-corrected chi connectivity index (χ0v) is 15.1. The normalized spacial score (nSPS) is 11.9. The number of aryl methyl sites for hydroxylation is 1. The van der Waals surface area contributed by atoms with Crippen LogP contribution in [0.15, 0.2) is 39.8 Å². The van der Waals surface area contributed by atoms with Gasteiger partial charge in [-0.05, 0) is 45.0 Å². The van der Waals surface area contributed by atoms with E-state index in [0.29, 0.717) is 10.8 Å². The smallest absolute Gasteiger partial charge is 0.243 e. The lowest BCUT2D eigenvalue weighted by Crippen LogP contribution is -2.42. The number of sulfonamides is 1. The van der Waals surface area contributed by atoms with E-state index in [4.69, 9.17) is 16.1 Å². The number of hydrogen-bond acceptors (Lipinski definition) is 5. The Kier molecular flexibility index (Phi) is 5.63. The van der Waals surface area contributed by atoms with Crippen molar-refractivity contribution < 1.29 is 17.7 Å². The summed E-state index contributed by atoms with van der Waals surface area (Å²) in [5.74, 6) is 0.277. The number of nitrogens with one attached hydrogen (secondary N) is 1. The molecule has 1 aromatic heterocycles. The van der Waals surface area contributed by atoms with Crippen LogP contribution < -0.4 is 5.32 Å². The van der Waals surface area contributed by atoms with Crippen LogP contribution in [0.2, 0.25) is 5.02 Å². The minimum Gasteiger partial charge on any atom is -0.360 e. The third-order valence-electron chi connectivity index (χ3n) is 3.19. The van der Waals surface area contributed by atoms with E-state index in [2.05, 4.69) is 10.5 Å². The van der Waals surface area contributed by atoms with Crippen molar-refractivity contribution >= 4 is 33.3 Å². The fraction of sp³-hybridized carbons (Fsp3) is 0.333. The molecule has 0 aliphatic rings. The van der Waals surface area contributed by atoms with Gasteiger partial charge in [0.15, 0.2) is 5.82 Å². The Hall–Kier alpha value is -1.90. The van der Waals surface area contributed by atoms with Gasteiger partial charge in [0, 0.05) is 17.1 Å². The Labute approximate surface area is 145 Å². The molecule has 1 heterocycles. The van der Waals surface area contributed by atoms with E-state index in [-0.39, 0.29) is 17.3 Å². The van der Waals surface area contributed by atoms with Gasteiger partial charge < -0.3 is 9.84 Å². The third-order valence-corrected chi connectivity index (χ3v) is 5.48. The Bertz CT molecular complexity index is 815. The lowest BCUT2D eigenvalue weighted by atomic mass is 10.4. The molecule has 1 N–H and O–H groups in total. The summed E-state index contributed by atoms with van der Waals surface area (Å²) >= 11 is 5.79. The minimum atomic E-state index is -3.83. The number of halogens is 1. The third kappa shape index (κ3) is 4.34. The maximum atomic E-state index is 12.7. The fourth-order valence-corrected chi connectivity index (χ4v) is 3.76. The zero-order chi connectivity index (χ0) is 17.9. The molecule has 1 aromatic carbocycles. The van der Waals surface area contributed by atoms with E-state index in [9.17, 15) is 13.2 Å². The first kappa shape index (κ1) is 18.4. The summed E-state index contributed by atoms with van der Waals surface area (Å²) in [7, 11) is -3.83. The number of rotatable bonds is 6. The van der Waals surface area contributed by atoms with Crippen LogP contribution in [-0.2, 0) is 14.8 Å². The number of carbonyl (C=O) groups excluding carboxylic acids is 1. The number of carbonyl (C=O) groups is 1. The first-order valence-corrected chi connectivity index (χ1v) is 9.02. The topological polar surface area (TPSA) is 92.5 Å². The highest BCUT2D eigenvalue weighted by Gasteiger charge is 2.29. The van der Waals surface area contributed by atoms with Crippen LogP contribution in [0.5, 0.6) is 0 Å². The summed E-state index contributed by atoms with van der Waals surface area (Å²) in [5.41, 5.74) is 0. The molecule has 7 nitrogen and oxygen atoms in total. The molecule has 0 spiro atoms. The molecule has 0 bridgehead atoms. The Balaban J connectivity index is 2.19. The Morgan fingerprint density at radius 2 is 1.96 bits per heavy atom. The van der Waals surface area contributed by atoms with Crippen LogP contribution in [0.25, 0.3) is 0 Å². The van der Waals surface area contributed by atoms with Gasteiger partial charge in [0.1, 0.15) is 5.76 Å². The largest absolute Gasteiger partial charge is 0.360 e. The maximum absolute atomic E-state index is 12.7. The quantitative estimate of drug-likeness (QED) is 0.842. The predicted molar refractivity (Wildman–Crippen MR) is 90.3 cm³/mol. The average Bonchev–Trinajstić information content (AvgIpc) is 2.90. The van der Waals surface area contributed by atoms with Gasteiger partial charge >= 0.3 is 0 Å². The highest BCUT2D eigenvalue weighted by Crippen LogP contribution is 2.20. The van der Waals surface area contributed by atoms with E-state index in [1.54, 1.807) is 26.8 Å². The highest BCUT2D eigenvalue weighted by molar-refractivity contribution is 7.89. The van der Waals surface area contributed by atoms with E-state index >= 15 is 0 Å². The van der Waals surface area contributed by atoms with Crippen LogP contribution in [-0.4, -0.2) is 36.4 Å². The first-order chi connectivity index (χ1) is 11.2. The molecule has 24 heavy (non-hydrogen) atoms. The molecule has 0 fully saturated rings. The van der Waals surface area contributed by atoms with E-state index < -0.39 is 22.0 Å². The zero-order valence-electron chi connectivity index (χ0n) is 13.5. The van der Waals surface area contributed by atoms with Gasteiger partial charge in [-0.15, -0.1) is 0 Å². The molecule has 2 rings (SSSR count). The van der Waals surface area contributed by atoms with Gasteiger partial charge in [0.25, 0.3) is 0 Å². The molecule has 0 saturated carbocycles. The molecule has 2 aromatic rings. The monoisotopic (exact) mass is 371 g/mol. The summed E-state index contributed by atoms with van der Waals surface area (Å²) in [6.07, 6.45) is 0. The molecule has 0 unspecified atom stereocenters. The molecule has 0 atom stereocenters. The number of amides is 1. The molecular formula is C15H18ClN3O4S. The molecule has 0 aliphatic carbocycles. The predicted octanol–water partition coefficient (Wildman–Crippen LogP) is 2.67. The maximum Gasteiger partial charge on any atom is 0.243 e. The summed E-state index contributed by atoms with van der Waals surface area (Å²) in [6, 6.07) is 6.94. The van der Waals surface area contributed by atoms with Crippen molar-refractivity contribution in [3.63, 3.8) is 0 Å². The molecule has 0 radical (unpaired) electrons. The molecule has 0 saturated heterocycles. The first-order valence-electron chi connectivity index (χ1n) is 7.20. The van der Waals surface area contributed by atoms with Crippen molar-refractivity contribution in [2.45, 2.75) is 31.7 Å². The molecule has 1 amide bonds. The van der Waals surface area contributed by atoms with Crippen molar-refractivity contribution in [1.82, 2.24) is 9.46 Å². The van der Waals surface area contributed by atoms with E-state index in [0.717, 1.165) is 4.31 Å². The van der Waals surface area contributed by atoms with Crippen molar-refractivity contribution in [3.05, 3.63) is 41.1 Å². The average molecular weight is 372 g/mol. The van der Waals surface area contributed by atoms with Crippen LogP contribution in [0, 0.1) is 6.92 Å². The van der Waals surface area contributed by atoms with Crippen molar-refractivity contribution in [1.29, 1.82) is 0 Å². The highest BCUT2D eigenvalue weighted by atomic mass is 35.5. The van der Waals surface area contributed by atoms with Crippen LogP contribution in [0.1, 0.15) is 19.6 Å². The number of nitrogens with zero attached hydrogens (tertiary/aromatic N) is 2. The van der Waals surface area contributed by atoms with E-state index in [1.165, 1.54) is 24.3 Å². The van der Waals surface area contributed by atoms with Gasteiger partial charge in [0.2, 0.25) is 15.9 Å².